The van der Waals surface area contributed by atoms with Gasteiger partial charge in [0.2, 0.25) is 0 Å². The fourth-order valence-electron chi connectivity index (χ4n) is 3.39. The van der Waals surface area contributed by atoms with Crippen molar-refractivity contribution < 1.29 is 9.53 Å². The summed E-state index contributed by atoms with van der Waals surface area (Å²) in [7, 11) is 0. The van der Waals surface area contributed by atoms with E-state index in [0.717, 1.165) is 13.1 Å². The van der Waals surface area contributed by atoms with E-state index >= 15 is 0 Å². The van der Waals surface area contributed by atoms with Crippen LogP contribution in [0.5, 0.6) is 0 Å². The van der Waals surface area contributed by atoms with E-state index in [4.69, 9.17) is 4.74 Å². The predicted octanol–water partition coefficient (Wildman–Crippen LogP) is 4.06. The Bertz CT molecular complexity index is 538. The van der Waals surface area contributed by atoms with E-state index in [1.165, 1.54) is 5.56 Å². The Labute approximate surface area is 146 Å². The van der Waals surface area contributed by atoms with Gasteiger partial charge in [0.15, 0.2) is 0 Å². The fraction of sp³-hybridized carbons (Fsp3) is 0.650. The van der Waals surface area contributed by atoms with Crippen molar-refractivity contribution in [3.63, 3.8) is 0 Å². The molecule has 4 atom stereocenters. The maximum absolute atomic E-state index is 12.2. The summed E-state index contributed by atoms with van der Waals surface area (Å²) in [5.74, 6) is 0.918. The molecule has 0 radical (unpaired) electrons. The number of alkyl carbamates (subject to hydrolysis) is 1. The number of amides is 1. The topological polar surface area (TPSA) is 41.6 Å². The Morgan fingerprint density at radius 1 is 1.17 bits per heavy atom. The molecule has 1 amide bonds. The van der Waals surface area contributed by atoms with Crippen molar-refractivity contribution in [1.82, 2.24) is 10.2 Å². The number of nitrogens with zero attached hydrogens (tertiary/aromatic N) is 1. The molecular weight excluding hydrogens is 300 g/mol. The van der Waals surface area contributed by atoms with Gasteiger partial charge >= 0.3 is 6.09 Å². The van der Waals surface area contributed by atoms with Gasteiger partial charge in [0.25, 0.3) is 0 Å². The molecule has 0 aromatic heterocycles. The molecule has 1 aromatic carbocycles. The normalized spacial score (nSPS) is 28.4. The second-order valence-electron chi connectivity index (χ2n) is 8.13. The van der Waals surface area contributed by atoms with Crippen molar-refractivity contribution in [2.45, 2.75) is 65.8 Å². The molecule has 1 fully saturated rings. The van der Waals surface area contributed by atoms with Crippen LogP contribution in [-0.4, -0.2) is 35.2 Å². The summed E-state index contributed by atoms with van der Waals surface area (Å²) >= 11 is 0. The van der Waals surface area contributed by atoms with Crippen LogP contribution in [-0.2, 0) is 11.3 Å². The molecule has 1 aliphatic rings. The zero-order valence-corrected chi connectivity index (χ0v) is 15.9. The molecule has 0 spiro atoms. The number of ether oxygens (including phenoxy) is 1. The average Bonchev–Trinajstić information content (AvgIpc) is 2.49. The minimum atomic E-state index is -0.468. The lowest BCUT2D eigenvalue weighted by Gasteiger charge is -2.46. The van der Waals surface area contributed by atoms with Gasteiger partial charge < -0.3 is 10.1 Å². The molecule has 4 nitrogen and oxygen atoms in total. The van der Waals surface area contributed by atoms with Crippen LogP contribution >= 0.6 is 0 Å². The third-order valence-corrected chi connectivity index (χ3v) is 5.16. The van der Waals surface area contributed by atoms with E-state index < -0.39 is 5.60 Å². The number of benzene rings is 1. The molecule has 24 heavy (non-hydrogen) atoms. The molecule has 0 bridgehead atoms. The van der Waals surface area contributed by atoms with Crippen LogP contribution in [0.15, 0.2) is 30.3 Å². The highest BCUT2D eigenvalue weighted by atomic mass is 16.6. The summed E-state index contributed by atoms with van der Waals surface area (Å²) in [5.41, 5.74) is 0.840. The van der Waals surface area contributed by atoms with Crippen LogP contribution in [0.25, 0.3) is 0 Å². The lowest BCUT2D eigenvalue weighted by molar-refractivity contribution is 0.0207. The van der Waals surface area contributed by atoms with Crippen molar-refractivity contribution in [3.8, 4) is 0 Å². The number of rotatable bonds is 3. The van der Waals surface area contributed by atoms with Crippen LogP contribution in [0.2, 0.25) is 0 Å². The minimum absolute atomic E-state index is 0.106. The smallest absolute Gasteiger partial charge is 0.407 e. The van der Waals surface area contributed by atoms with Crippen molar-refractivity contribution in [1.29, 1.82) is 0 Å². The number of piperidine rings is 1. The Morgan fingerprint density at radius 3 is 2.38 bits per heavy atom. The van der Waals surface area contributed by atoms with Gasteiger partial charge in [-0.1, -0.05) is 44.2 Å². The zero-order valence-electron chi connectivity index (χ0n) is 15.9. The van der Waals surface area contributed by atoms with E-state index in [0.29, 0.717) is 17.9 Å². The van der Waals surface area contributed by atoms with E-state index in [9.17, 15) is 4.79 Å². The zero-order chi connectivity index (χ0) is 17.9. The number of carbonyl (C=O) groups is 1. The summed E-state index contributed by atoms with van der Waals surface area (Å²) in [6, 6.07) is 11.1. The van der Waals surface area contributed by atoms with E-state index in [1.807, 2.05) is 26.8 Å². The molecule has 0 saturated carbocycles. The molecule has 0 aliphatic carbocycles. The van der Waals surface area contributed by atoms with Gasteiger partial charge in [0.05, 0.1) is 0 Å². The average molecular weight is 332 g/mol. The SMILES string of the molecule is C[C@@H]1[C@H](C)[C@@H](C)N(Cc2ccccc2)C[C@H]1NC(=O)OC(C)(C)C. The largest absolute Gasteiger partial charge is 0.444 e. The first-order chi connectivity index (χ1) is 11.2. The second kappa shape index (κ2) is 7.56. The summed E-state index contributed by atoms with van der Waals surface area (Å²) < 4.78 is 5.44. The van der Waals surface area contributed by atoms with Crippen molar-refractivity contribution in [3.05, 3.63) is 35.9 Å². The van der Waals surface area contributed by atoms with Crippen LogP contribution in [0, 0.1) is 11.8 Å². The van der Waals surface area contributed by atoms with Crippen LogP contribution in [0.1, 0.15) is 47.1 Å². The molecule has 1 saturated heterocycles. The third-order valence-electron chi connectivity index (χ3n) is 5.16. The molecule has 1 heterocycles. The van der Waals surface area contributed by atoms with Gasteiger partial charge in [0, 0.05) is 25.2 Å². The predicted molar refractivity (Wildman–Crippen MR) is 97.8 cm³/mol. The van der Waals surface area contributed by atoms with Gasteiger partial charge in [-0.3, -0.25) is 4.90 Å². The molecule has 2 rings (SSSR count). The first-order valence-electron chi connectivity index (χ1n) is 8.95. The molecular formula is C20H32N2O2. The number of hydrogen-bond donors (Lipinski definition) is 1. The first-order valence-corrected chi connectivity index (χ1v) is 8.95. The van der Waals surface area contributed by atoms with Gasteiger partial charge in [-0.2, -0.15) is 0 Å². The minimum Gasteiger partial charge on any atom is -0.444 e. The molecule has 1 N–H and O–H groups in total. The summed E-state index contributed by atoms with van der Waals surface area (Å²) in [6.07, 6.45) is -0.319. The van der Waals surface area contributed by atoms with Crippen LogP contribution in [0.4, 0.5) is 4.79 Å². The molecule has 0 unspecified atom stereocenters. The fourth-order valence-corrected chi connectivity index (χ4v) is 3.39. The number of likely N-dealkylation sites (tertiary alicyclic amines) is 1. The molecule has 4 heteroatoms. The van der Waals surface area contributed by atoms with Crippen molar-refractivity contribution in [2.75, 3.05) is 6.54 Å². The highest BCUT2D eigenvalue weighted by Gasteiger charge is 2.37. The van der Waals surface area contributed by atoms with Crippen molar-refractivity contribution >= 4 is 6.09 Å². The van der Waals surface area contributed by atoms with E-state index in [1.54, 1.807) is 0 Å². The maximum Gasteiger partial charge on any atom is 0.407 e. The van der Waals surface area contributed by atoms with E-state index in [-0.39, 0.29) is 12.1 Å². The van der Waals surface area contributed by atoms with Gasteiger partial charge in [-0.15, -0.1) is 0 Å². The second-order valence-corrected chi connectivity index (χ2v) is 8.13. The highest BCUT2D eigenvalue weighted by Crippen LogP contribution is 2.30. The van der Waals surface area contributed by atoms with Crippen LogP contribution in [0.3, 0.4) is 0 Å². The highest BCUT2D eigenvalue weighted by molar-refractivity contribution is 5.68. The molecule has 1 aliphatic heterocycles. The summed E-state index contributed by atoms with van der Waals surface area (Å²) in [6.45, 7) is 14.2. The van der Waals surface area contributed by atoms with Gasteiger partial charge in [-0.05, 0) is 45.1 Å². The lowest BCUT2D eigenvalue weighted by Crippen LogP contribution is -2.58. The molecule has 134 valence electrons. The Kier molecular flexibility index (Phi) is 5.92. The number of carbonyl (C=O) groups excluding carboxylic acids is 1. The first kappa shape index (κ1) is 18.8. The standard InChI is InChI=1S/C20H32N2O2/c1-14-15(2)18(21-19(23)24-20(4,5)6)13-22(16(14)3)12-17-10-8-7-9-11-17/h7-11,14-16,18H,12-13H2,1-6H3,(H,21,23)/t14-,15+,16+,18+/m0/s1. The van der Waals surface area contributed by atoms with Crippen LogP contribution < -0.4 is 5.32 Å². The third kappa shape index (κ3) is 4.97. The molecule has 1 aromatic rings. The summed E-state index contributed by atoms with van der Waals surface area (Å²) in [4.78, 5) is 14.6. The Hall–Kier alpha value is -1.55. The quantitative estimate of drug-likeness (QED) is 0.907. The maximum atomic E-state index is 12.2. The monoisotopic (exact) mass is 332 g/mol. The Balaban J connectivity index is 2.04. The lowest BCUT2D eigenvalue weighted by atomic mass is 9.79. The Morgan fingerprint density at radius 2 is 1.79 bits per heavy atom. The van der Waals surface area contributed by atoms with E-state index in [2.05, 4.69) is 55.3 Å². The number of nitrogens with one attached hydrogen (secondary N) is 1. The van der Waals surface area contributed by atoms with Crippen molar-refractivity contribution in [2.24, 2.45) is 11.8 Å². The van der Waals surface area contributed by atoms with Gasteiger partial charge in [-0.25, -0.2) is 4.79 Å². The number of hydrogen-bond acceptors (Lipinski definition) is 3. The van der Waals surface area contributed by atoms with Gasteiger partial charge in [0.1, 0.15) is 5.60 Å². The summed E-state index contributed by atoms with van der Waals surface area (Å²) in [5, 5.41) is 3.09.